The van der Waals surface area contributed by atoms with Gasteiger partial charge in [-0.15, -0.1) is 26.3 Å². The molecule has 0 saturated carbocycles. The van der Waals surface area contributed by atoms with Crippen LogP contribution in [0.2, 0.25) is 0 Å². The van der Waals surface area contributed by atoms with E-state index in [2.05, 4.69) is 72.2 Å². The summed E-state index contributed by atoms with van der Waals surface area (Å²) in [7, 11) is 0. The Morgan fingerprint density at radius 3 is 1.76 bits per heavy atom. The van der Waals surface area contributed by atoms with Gasteiger partial charge in [0.25, 0.3) is 0 Å². The highest BCUT2D eigenvalue weighted by atomic mass is 14.0. The van der Waals surface area contributed by atoms with Gasteiger partial charge in [-0.3, -0.25) is 0 Å². The Hall–Kier alpha value is -1.04. The zero-order valence-corrected chi connectivity index (χ0v) is 12.5. The summed E-state index contributed by atoms with van der Waals surface area (Å²) in [5, 5.41) is 0. The number of allylic oxidation sites excluding steroid dienone is 4. The molecule has 0 aliphatic heterocycles. The van der Waals surface area contributed by atoms with Gasteiger partial charge < -0.3 is 0 Å². The van der Waals surface area contributed by atoms with E-state index in [4.69, 9.17) is 0 Å². The average Bonchev–Trinajstić information content (AvgIpc) is 2.44. The smallest absolute Gasteiger partial charge is 0.0282 e. The van der Waals surface area contributed by atoms with Crippen LogP contribution in [0.3, 0.4) is 0 Å². The van der Waals surface area contributed by atoms with Gasteiger partial charge in [0, 0.05) is 0 Å². The van der Waals surface area contributed by atoms with Crippen LogP contribution in [0.15, 0.2) is 50.1 Å². The van der Waals surface area contributed by atoms with Crippen LogP contribution in [0.1, 0.15) is 53.4 Å². The Morgan fingerprint density at radius 1 is 1.12 bits per heavy atom. The molecule has 1 rings (SSSR count). The fraction of sp³-hybridized carbons (Fsp3) is 0.529. The van der Waals surface area contributed by atoms with Crippen molar-refractivity contribution in [3.05, 3.63) is 50.1 Å². The van der Waals surface area contributed by atoms with Gasteiger partial charge in [-0.05, 0) is 25.2 Å². The fourth-order valence-corrected chi connectivity index (χ4v) is 0.947. The summed E-state index contributed by atoms with van der Waals surface area (Å²) < 4.78 is 0. The van der Waals surface area contributed by atoms with Gasteiger partial charge in [0.2, 0.25) is 0 Å². The molecule has 0 saturated heterocycles. The van der Waals surface area contributed by atoms with Crippen molar-refractivity contribution in [3.8, 4) is 0 Å². The second-order valence-corrected chi connectivity index (χ2v) is 3.95. The lowest BCUT2D eigenvalue weighted by atomic mass is 10.0. The molecule has 0 aromatic heterocycles. The maximum absolute atomic E-state index is 3.00. The summed E-state index contributed by atoms with van der Waals surface area (Å²) in [4.78, 5) is 0. The summed E-state index contributed by atoms with van der Waals surface area (Å²) in [5.74, 6) is 0.884. The van der Waals surface area contributed by atoms with Gasteiger partial charge in [-0.25, -0.2) is 0 Å². The molecule has 0 N–H and O–H groups in total. The lowest BCUT2D eigenvalue weighted by Gasteiger charge is -2.03. The van der Waals surface area contributed by atoms with Crippen molar-refractivity contribution in [2.75, 3.05) is 0 Å². The standard InChI is InChI=1S/C8H12.C5H12.2C2H4/c1-2-8-6-4-3-5-7-8;1-4-5(2)3;2*1-2/h3-4,6H,2,5,7H2,1H3;5H,4H2,1-3H3;2*1-2H2. The molecule has 0 radical (unpaired) electrons. The minimum atomic E-state index is 0.884. The van der Waals surface area contributed by atoms with Gasteiger partial charge in [-0.2, -0.15) is 0 Å². The first-order chi connectivity index (χ1) is 8.20. The first kappa shape index (κ1) is 21.3. The third kappa shape index (κ3) is 20.9. The van der Waals surface area contributed by atoms with Crippen LogP contribution in [0, 0.1) is 5.92 Å². The summed E-state index contributed by atoms with van der Waals surface area (Å²) in [6.45, 7) is 20.9. The largest absolute Gasteiger partial charge is 0.106 e. The van der Waals surface area contributed by atoms with Gasteiger partial charge in [0.05, 0.1) is 0 Å². The van der Waals surface area contributed by atoms with E-state index in [1.807, 2.05) is 0 Å². The van der Waals surface area contributed by atoms with Crippen molar-refractivity contribution in [3.63, 3.8) is 0 Å². The van der Waals surface area contributed by atoms with Crippen LogP contribution in [0.5, 0.6) is 0 Å². The Balaban J connectivity index is -0.000000190. The van der Waals surface area contributed by atoms with Crippen molar-refractivity contribution in [2.24, 2.45) is 5.92 Å². The molecule has 0 heteroatoms. The molecule has 1 aliphatic rings. The van der Waals surface area contributed by atoms with Crippen LogP contribution in [0.25, 0.3) is 0 Å². The number of rotatable bonds is 2. The first-order valence-corrected chi connectivity index (χ1v) is 6.55. The topological polar surface area (TPSA) is 0 Å². The van der Waals surface area contributed by atoms with Crippen LogP contribution in [-0.4, -0.2) is 0 Å². The van der Waals surface area contributed by atoms with Crippen LogP contribution in [0.4, 0.5) is 0 Å². The number of hydrogen-bond acceptors (Lipinski definition) is 0. The third-order valence-electron chi connectivity index (χ3n) is 2.37. The molecular weight excluding hydrogens is 204 g/mol. The van der Waals surface area contributed by atoms with Crippen molar-refractivity contribution in [1.29, 1.82) is 0 Å². The highest BCUT2D eigenvalue weighted by molar-refractivity contribution is 5.16. The monoisotopic (exact) mass is 236 g/mol. The molecule has 0 atom stereocenters. The molecule has 0 heterocycles. The zero-order valence-electron chi connectivity index (χ0n) is 12.5. The Bertz CT molecular complexity index is 182. The van der Waals surface area contributed by atoms with Gasteiger partial charge in [0.1, 0.15) is 0 Å². The highest BCUT2D eigenvalue weighted by Crippen LogP contribution is 2.13. The molecule has 0 amide bonds. The lowest BCUT2D eigenvalue weighted by molar-refractivity contribution is 0.626. The maximum atomic E-state index is 3.00. The van der Waals surface area contributed by atoms with E-state index in [-0.39, 0.29) is 0 Å². The average molecular weight is 236 g/mol. The zero-order chi connectivity index (χ0) is 14.1. The summed E-state index contributed by atoms with van der Waals surface area (Å²) in [5.41, 5.74) is 1.59. The minimum Gasteiger partial charge on any atom is -0.106 e. The third-order valence-corrected chi connectivity index (χ3v) is 2.37. The molecule has 0 nitrogen and oxygen atoms in total. The Labute approximate surface area is 110 Å². The molecule has 0 unspecified atom stereocenters. The second kappa shape index (κ2) is 20.4. The molecule has 1 aliphatic carbocycles. The Kier molecular flexibility index (Phi) is 25.5. The van der Waals surface area contributed by atoms with E-state index in [0.29, 0.717) is 0 Å². The van der Waals surface area contributed by atoms with Gasteiger partial charge in [-0.1, -0.05) is 57.9 Å². The van der Waals surface area contributed by atoms with Crippen molar-refractivity contribution in [2.45, 2.75) is 53.4 Å². The predicted molar refractivity (Wildman–Crippen MR) is 84.4 cm³/mol. The number of hydrogen-bond donors (Lipinski definition) is 0. The lowest BCUT2D eigenvalue weighted by Crippen LogP contribution is -1.83. The van der Waals surface area contributed by atoms with Crippen molar-refractivity contribution in [1.82, 2.24) is 0 Å². The van der Waals surface area contributed by atoms with E-state index < -0.39 is 0 Å². The predicted octanol–water partition coefficient (Wildman–Crippen LogP) is 6.33. The van der Waals surface area contributed by atoms with Crippen LogP contribution >= 0.6 is 0 Å². The Morgan fingerprint density at radius 2 is 1.59 bits per heavy atom. The van der Waals surface area contributed by atoms with E-state index in [1.54, 1.807) is 5.57 Å². The molecular formula is C17H32. The molecule has 0 aromatic rings. The van der Waals surface area contributed by atoms with Crippen molar-refractivity contribution < 1.29 is 0 Å². The molecule has 0 aromatic carbocycles. The molecule has 17 heavy (non-hydrogen) atoms. The van der Waals surface area contributed by atoms with Crippen LogP contribution in [-0.2, 0) is 0 Å². The SMILES string of the molecule is C=C.C=C.CCC(C)C.CCC1=CC=CCC1. The van der Waals surface area contributed by atoms with Crippen LogP contribution < -0.4 is 0 Å². The first-order valence-electron chi connectivity index (χ1n) is 6.55. The van der Waals surface area contributed by atoms with Gasteiger partial charge >= 0.3 is 0 Å². The van der Waals surface area contributed by atoms with E-state index in [9.17, 15) is 0 Å². The molecule has 0 fully saturated rings. The van der Waals surface area contributed by atoms with Crippen molar-refractivity contribution >= 4 is 0 Å². The normalized spacial score (nSPS) is 11.9. The van der Waals surface area contributed by atoms with E-state index in [1.165, 1.54) is 25.7 Å². The maximum Gasteiger partial charge on any atom is -0.0282 e. The molecule has 0 spiro atoms. The second-order valence-electron chi connectivity index (χ2n) is 3.95. The minimum absolute atomic E-state index is 0.884. The van der Waals surface area contributed by atoms with Gasteiger partial charge in [0.15, 0.2) is 0 Å². The summed E-state index contributed by atoms with van der Waals surface area (Å²) >= 11 is 0. The fourth-order valence-electron chi connectivity index (χ4n) is 0.947. The molecule has 0 bridgehead atoms. The highest BCUT2D eigenvalue weighted by Gasteiger charge is 1.93. The summed E-state index contributed by atoms with van der Waals surface area (Å²) in [6.07, 6.45) is 11.7. The van der Waals surface area contributed by atoms with E-state index >= 15 is 0 Å². The van der Waals surface area contributed by atoms with E-state index in [0.717, 1.165) is 5.92 Å². The summed E-state index contributed by atoms with van der Waals surface area (Å²) in [6, 6.07) is 0. The molecule has 100 valence electrons. The quantitative estimate of drug-likeness (QED) is 0.491.